The lowest BCUT2D eigenvalue weighted by atomic mass is 9.96. The van der Waals surface area contributed by atoms with Gasteiger partial charge in [-0.1, -0.05) is 140 Å². The van der Waals surface area contributed by atoms with Crippen molar-refractivity contribution in [1.82, 2.24) is 34.1 Å². The van der Waals surface area contributed by atoms with Gasteiger partial charge in [-0.25, -0.2) is 24.9 Å². The van der Waals surface area contributed by atoms with E-state index >= 15 is 0 Å². The third-order valence-corrected chi connectivity index (χ3v) is 12.2. The van der Waals surface area contributed by atoms with E-state index in [4.69, 9.17) is 19.9 Å². The molecule has 12 aromatic rings. The van der Waals surface area contributed by atoms with Gasteiger partial charge in [-0.2, -0.15) is 0 Å². The van der Waals surface area contributed by atoms with E-state index in [-0.39, 0.29) is 0 Å². The number of benzene rings is 8. The monoisotopic (exact) mass is 821 g/mol. The second kappa shape index (κ2) is 15.1. The molecule has 0 fully saturated rings. The third-order valence-electron chi connectivity index (χ3n) is 12.2. The quantitative estimate of drug-likeness (QED) is 0.160. The number of hydrogen-bond donors (Lipinski definition) is 0. The van der Waals surface area contributed by atoms with Crippen molar-refractivity contribution in [2.45, 2.75) is 13.8 Å². The van der Waals surface area contributed by atoms with E-state index in [1.165, 1.54) is 10.8 Å². The number of rotatable bonds is 7. The Labute approximate surface area is 369 Å². The highest BCUT2D eigenvalue weighted by Crippen LogP contribution is 2.43. The maximum Gasteiger partial charge on any atom is 0.163 e. The van der Waals surface area contributed by atoms with Crippen LogP contribution < -0.4 is 0 Å². The first-order valence-electron chi connectivity index (χ1n) is 21.5. The molecular formula is C57H39N7. The number of aromatic nitrogens is 7. The van der Waals surface area contributed by atoms with E-state index in [9.17, 15) is 0 Å². The molecule has 0 saturated carbocycles. The fourth-order valence-corrected chi connectivity index (χ4v) is 9.37. The molecule has 7 heteroatoms. The molecule has 64 heavy (non-hydrogen) atoms. The van der Waals surface area contributed by atoms with E-state index in [1.54, 1.807) is 0 Å². The summed E-state index contributed by atoms with van der Waals surface area (Å²) in [6.45, 7) is 3.83. The van der Waals surface area contributed by atoms with Crippen molar-refractivity contribution in [2.24, 2.45) is 0 Å². The summed E-state index contributed by atoms with van der Waals surface area (Å²) in [5, 5.41) is 4.69. The van der Waals surface area contributed by atoms with Crippen molar-refractivity contribution in [3.63, 3.8) is 0 Å². The number of hydrogen-bond acceptors (Lipinski definition) is 5. The Morgan fingerprint density at radius 1 is 0.297 bits per heavy atom. The molecule has 7 nitrogen and oxygen atoms in total. The third kappa shape index (κ3) is 6.24. The first-order chi connectivity index (χ1) is 31.6. The zero-order valence-corrected chi connectivity index (χ0v) is 35.2. The van der Waals surface area contributed by atoms with Crippen LogP contribution in [0.2, 0.25) is 0 Å². The second-order valence-corrected chi connectivity index (χ2v) is 16.2. The Balaban J connectivity index is 1.15. The minimum absolute atomic E-state index is 0.670. The molecule has 4 heterocycles. The highest BCUT2D eigenvalue weighted by Gasteiger charge is 2.22. The average Bonchev–Trinajstić information content (AvgIpc) is 3.86. The van der Waals surface area contributed by atoms with Crippen LogP contribution in [0.5, 0.6) is 0 Å². The molecule has 0 radical (unpaired) electrons. The SMILES string of the molecule is Cc1nc(C)nc(-c2ccc3c(c2)c2ccccc2n3-c2ccc(-c3cc(-c4ccccc4)nc(-c4ccccc4)n3)cc2-c2ccccc2-n2c3ccccc3c3ccccc32)n1. The summed E-state index contributed by atoms with van der Waals surface area (Å²) in [5.41, 5.74) is 14.4. The van der Waals surface area contributed by atoms with Crippen LogP contribution in [0, 0.1) is 13.8 Å². The Hall–Kier alpha value is -8.55. The molecule has 0 unspecified atom stereocenters. The van der Waals surface area contributed by atoms with Crippen LogP contribution >= 0.6 is 0 Å². The normalized spacial score (nSPS) is 11.6. The second-order valence-electron chi connectivity index (χ2n) is 16.2. The van der Waals surface area contributed by atoms with E-state index in [2.05, 4.69) is 190 Å². The molecule has 0 bridgehead atoms. The van der Waals surface area contributed by atoms with Gasteiger partial charge >= 0.3 is 0 Å². The van der Waals surface area contributed by atoms with Crippen molar-refractivity contribution >= 4 is 43.6 Å². The van der Waals surface area contributed by atoms with E-state index in [0.717, 1.165) is 89.0 Å². The summed E-state index contributed by atoms with van der Waals surface area (Å²) in [4.78, 5) is 24.3. The Morgan fingerprint density at radius 2 is 0.766 bits per heavy atom. The van der Waals surface area contributed by atoms with Crippen molar-refractivity contribution < 1.29 is 0 Å². The van der Waals surface area contributed by atoms with Gasteiger partial charge in [0.15, 0.2) is 11.6 Å². The van der Waals surface area contributed by atoms with Gasteiger partial charge < -0.3 is 9.13 Å². The molecule has 302 valence electrons. The maximum absolute atomic E-state index is 5.29. The lowest BCUT2D eigenvalue weighted by Gasteiger charge is -2.20. The van der Waals surface area contributed by atoms with Crippen LogP contribution in [0.4, 0.5) is 0 Å². The largest absolute Gasteiger partial charge is 0.309 e. The Kier molecular flexibility index (Phi) is 8.79. The van der Waals surface area contributed by atoms with Crippen molar-refractivity contribution in [2.75, 3.05) is 0 Å². The van der Waals surface area contributed by atoms with Crippen molar-refractivity contribution in [1.29, 1.82) is 0 Å². The molecule has 0 aliphatic heterocycles. The molecule has 0 aliphatic carbocycles. The van der Waals surface area contributed by atoms with Crippen LogP contribution in [0.25, 0.3) is 111 Å². The minimum atomic E-state index is 0.670. The number of aryl methyl sites for hydroxylation is 2. The molecule has 0 N–H and O–H groups in total. The first-order valence-corrected chi connectivity index (χ1v) is 21.5. The van der Waals surface area contributed by atoms with Gasteiger partial charge in [-0.05, 0) is 74.5 Å². The molecular weight excluding hydrogens is 783 g/mol. The predicted octanol–water partition coefficient (Wildman–Crippen LogP) is 13.8. The zero-order valence-electron chi connectivity index (χ0n) is 35.2. The number of para-hydroxylation sites is 4. The molecule has 0 amide bonds. The van der Waals surface area contributed by atoms with Crippen LogP contribution in [0.3, 0.4) is 0 Å². The number of nitrogens with zero attached hydrogens (tertiary/aromatic N) is 7. The summed E-state index contributed by atoms with van der Waals surface area (Å²) in [7, 11) is 0. The molecule has 0 aliphatic rings. The molecule has 4 aromatic heterocycles. The fraction of sp³-hybridized carbons (Fsp3) is 0.0351. The highest BCUT2D eigenvalue weighted by atomic mass is 15.0. The van der Waals surface area contributed by atoms with Crippen LogP contribution in [0.15, 0.2) is 200 Å². The lowest BCUT2D eigenvalue weighted by Crippen LogP contribution is -2.02. The molecule has 0 atom stereocenters. The Bertz CT molecular complexity index is 3620. The van der Waals surface area contributed by atoms with Gasteiger partial charge in [-0.3, -0.25) is 0 Å². The van der Waals surface area contributed by atoms with Gasteiger partial charge in [-0.15, -0.1) is 0 Å². The van der Waals surface area contributed by atoms with Crippen molar-refractivity contribution in [3.8, 4) is 67.8 Å². The van der Waals surface area contributed by atoms with E-state index < -0.39 is 0 Å². The zero-order chi connectivity index (χ0) is 42.7. The molecule has 8 aromatic carbocycles. The van der Waals surface area contributed by atoms with Gasteiger partial charge in [0, 0.05) is 54.9 Å². The first kappa shape index (κ1) is 37.2. The molecule has 12 rings (SSSR count). The smallest absolute Gasteiger partial charge is 0.163 e. The van der Waals surface area contributed by atoms with Crippen LogP contribution in [-0.2, 0) is 0 Å². The minimum Gasteiger partial charge on any atom is -0.309 e. The van der Waals surface area contributed by atoms with Crippen LogP contribution in [-0.4, -0.2) is 34.1 Å². The highest BCUT2D eigenvalue weighted by molar-refractivity contribution is 6.12. The topological polar surface area (TPSA) is 74.3 Å². The predicted molar refractivity (Wildman–Crippen MR) is 261 cm³/mol. The van der Waals surface area contributed by atoms with Crippen molar-refractivity contribution in [3.05, 3.63) is 212 Å². The summed E-state index contributed by atoms with van der Waals surface area (Å²) >= 11 is 0. The number of fused-ring (bicyclic) bond motifs is 6. The summed E-state index contributed by atoms with van der Waals surface area (Å²) in [6, 6.07) is 70.9. The molecule has 0 spiro atoms. The average molecular weight is 822 g/mol. The van der Waals surface area contributed by atoms with Crippen LogP contribution in [0.1, 0.15) is 11.6 Å². The summed E-state index contributed by atoms with van der Waals surface area (Å²) < 4.78 is 4.82. The standard InChI is InChI=1S/C57H39N7/c1-36-58-37(2)60-57(59-36)41-30-32-55-47(34-41)45-24-12-16-28-53(45)64(55)54-31-29-40(49-35-48(38-17-5-3-6-18-38)61-56(62-49)39-19-7-4-8-20-39)33-46(54)44-23-11-15-27-52(44)63-50-25-13-9-21-42(50)43-22-10-14-26-51(43)63/h3-35H,1-2H3. The molecule has 0 saturated heterocycles. The van der Waals surface area contributed by atoms with Gasteiger partial charge in [0.2, 0.25) is 0 Å². The van der Waals surface area contributed by atoms with E-state index in [1.807, 2.05) is 38.1 Å². The summed E-state index contributed by atoms with van der Waals surface area (Å²) in [6.07, 6.45) is 0. The van der Waals surface area contributed by atoms with E-state index in [0.29, 0.717) is 23.3 Å². The lowest BCUT2D eigenvalue weighted by molar-refractivity contribution is 0.929. The van der Waals surface area contributed by atoms with Gasteiger partial charge in [0.25, 0.3) is 0 Å². The van der Waals surface area contributed by atoms with Gasteiger partial charge in [0.05, 0.1) is 44.8 Å². The Morgan fingerprint density at radius 3 is 1.41 bits per heavy atom. The summed E-state index contributed by atoms with van der Waals surface area (Å²) in [5.74, 6) is 2.75. The fourth-order valence-electron chi connectivity index (χ4n) is 9.37. The van der Waals surface area contributed by atoms with Gasteiger partial charge in [0.1, 0.15) is 11.6 Å². The maximum atomic E-state index is 5.29.